The van der Waals surface area contributed by atoms with Crippen LogP contribution in [0.4, 0.5) is 13.2 Å². The van der Waals surface area contributed by atoms with Crippen LogP contribution in [0.15, 0.2) is 0 Å². The first-order valence-electron chi connectivity index (χ1n) is 4.05. The van der Waals surface area contributed by atoms with Crippen molar-refractivity contribution in [2.45, 2.75) is 18.4 Å². The minimum absolute atomic E-state index is 0.953. The molecule has 16 heavy (non-hydrogen) atoms. The number of alkyl halides is 3. The number of nitrogens with one attached hydrogen (secondary N) is 1. The molecule has 0 unspecified atom stereocenters. The Morgan fingerprint density at radius 1 is 1.25 bits per heavy atom. The Balaban J connectivity index is 4.13. The third-order valence-corrected chi connectivity index (χ3v) is 1.58. The summed E-state index contributed by atoms with van der Waals surface area (Å²) in [6.07, 6.45) is -9.06. The average Bonchev–Trinajstić information content (AvgIpc) is 2.21. The Kier molecular flexibility index (Phi) is 5.35. The van der Waals surface area contributed by atoms with Gasteiger partial charge in [0, 0.05) is 6.54 Å². The first-order chi connectivity index (χ1) is 7.20. The quantitative estimate of drug-likeness (QED) is 0.446. The highest BCUT2D eigenvalue weighted by Gasteiger charge is 2.39. The highest BCUT2D eigenvalue weighted by Crippen LogP contribution is 2.13. The molecule has 0 aromatic heterocycles. The maximum atomic E-state index is 11.7. The van der Waals surface area contributed by atoms with Crippen LogP contribution in [0.5, 0.6) is 0 Å². The monoisotopic (exact) mass is 245 g/mol. The van der Waals surface area contributed by atoms with Gasteiger partial charge < -0.3 is 20.6 Å². The Morgan fingerprint density at radius 2 is 1.75 bits per heavy atom. The summed E-state index contributed by atoms with van der Waals surface area (Å²) in [5, 5.41) is 27.4. The minimum Gasteiger partial charge on any atom is -0.388 e. The maximum Gasteiger partial charge on any atom is 0.471 e. The number of rotatable bonds is 5. The molecule has 0 aliphatic rings. The molecule has 9 heteroatoms. The van der Waals surface area contributed by atoms with Crippen molar-refractivity contribution in [3.63, 3.8) is 0 Å². The molecule has 1 amide bonds. The third kappa shape index (κ3) is 4.55. The summed E-state index contributed by atoms with van der Waals surface area (Å²) in [6, 6.07) is 0. The highest BCUT2D eigenvalue weighted by molar-refractivity contribution is 5.85. The van der Waals surface area contributed by atoms with Crippen molar-refractivity contribution >= 4 is 11.7 Å². The molecule has 0 radical (unpaired) electrons. The Bertz CT molecular complexity index is 267. The molecule has 6 nitrogen and oxygen atoms in total. The number of aliphatic hydroxyl groups excluding tert-OH is 3. The van der Waals surface area contributed by atoms with Gasteiger partial charge in [0.25, 0.3) is 0 Å². The maximum absolute atomic E-state index is 11.7. The van der Waals surface area contributed by atoms with E-state index in [1.165, 1.54) is 5.32 Å². The summed E-state index contributed by atoms with van der Waals surface area (Å²) in [5.41, 5.74) is 0. The standard InChI is InChI=1S/C7H10F3NO5/c8-7(9,10)6(16)11-1-3(13)5(15)4(14)2-12/h3,5,12-13,15H,1-2H2,(H,11,16)/t3-,5+/m1/s1. The molecule has 0 bridgehead atoms. The van der Waals surface area contributed by atoms with Crippen LogP contribution in [0.2, 0.25) is 0 Å². The zero-order chi connectivity index (χ0) is 12.9. The molecule has 0 fully saturated rings. The van der Waals surface area contributed by atoms with Crippen LogP contribution in [0.3, 0.4) is 0 Å². The Hall–Kier alpha value is -1.19. The van der Waals surface area contributed by atoms with Gasteiger partial charge in [-0.2, -0.15) is 13.2 Å². The molecule has 0 rings (SSSR count). The lowest BCUT2D eigenvalue weighted by Gasteiger charge is -2.16. The molecular weight excluding hydrogens is 235 g/mol. The molecule has 0 saturated heterocycles. The number of aliphatic hydroxyl groups is 3. The van der Waals surface area contributed by atoms with E-state index in [0.29, 0.717) is 0 Å². The summed E-state index contributed by atoms with van der Waals surface area (Å²) in [6.45, 7) is -2.02. The first-order valence-corrected chi connectivity index (χ1v) is 4.05. The van der Waals surface area contributed by atoms with Crippen molar-refractivity contribution in [1.29, 1.82) is 0 Å². The van der Waals surface area contributed by atoms with Crippen LogP contribution >= 0.6 is 0 Å². The average molecular weight is 245 g/mol. The molecule has 0 saturated carbocycles. The van der Waals surface area contributed by atoms with Crippen LogP contribution < -0.4 is 5.32 Å². The molecule has 0 heterocycles. The minimum atomic E-state index is -5.11. The van der Waals surface area contributed by atoms with E-state index >= 15 is 0 Å². The normalized spacial score (nSPS) is 15.4. The van der Waals surface area contributed by atoms with Crippen molar-refractivity contribution in [1.82, 2.24) is 5.32 Å². The lowest BCUT2D eigenvalue weighted by molar-refractivity contribution is -0.174. The predicted octanol–water partition coefficient (Wildman–Crippen LogP) is -2.05. The topological polar surface area (TPSA) is 107 Å². The highest BCUT2D eigenvalue weighted by atomic mass is 19.4. The fourth-order valence-corrected chi connectivity index (χ4v) is 0.717. The molecule has 0 aromatic rings. The van der Waals surface area contributed by atoms with E-state index in [-0.39, 0.29) is 0 Å². The first kappa shape index (κ1) is 14.8. The largest absolute Gasteiger partial charge is 0.471 e. The van der Waals surface area contributed by atoms with E-state index in [9.17, 15) is 22.8 Å². The summed E-state index contributed by atoms with van der Waals surface area (Å²) >= 11 is 0. The number of hydrogen-bond donors (Lipinski definition) is 4. The van der Waals surface area contributed by atoms with Gasteiger partial charge in [0.05, 0.1) is 0 Å². The van der Waals surface area contributed by atoms with Gasteiger partial charge in [0.15, 0.2) is 5.78 Å². The molecule has 2 atom stereocenters. The number of Topliss-reactive ketones (excluding diaryl/α,β-unsaturated/α-hetero) is 1. The molecule has 0 spiro atoms. The second-order valence-electron chi connectivity index (χ2n) is 2.84. The van der Waals surface area contributed by atoms with Gasteiger partial charge in [0.2, 0.25) is 0 Å². The van der Waals surface area contributed by atoms with Gasteiger partial charge in [-0.3, -0.25) is 9.59 Å². The lowest BCUT2D eigenvalue weighted by Crippen LogP contribution is -2.46. The van der Waals surface area contributed by atoms with Crippen molar-refractivity contribution in [3.05, 3.63) is 0 Å². The van der Waals surface area contributed by atoms with Crippen molar-refractivity contribution in [3.8, 4) is 0 Å². The Morgan fingerprint density at radius 3 is 2.12 bits per heavy atom. The lowest BCUT2D eigenvalue weighted by atomic mass is 10.1. The van der Waals surface area contributed by atoms with Gasteiger partial charge >= 0.3 is 12.1 Å². The molecule has 94 valence electrons. The fraction of sp³-hybridized carbons (Fsp3) is 0.714. The zero-order valence-electron chi connectivity index (χ0n) is 7.86. The number of halogens is 3. The zero-order valence-corrected chi connectivity index (χ0v) is 7.86. The number of carbonyl (C=O) groups excluding carboxylic acids is 2. The summed E-state index contributed by atoms with van der Waals surface area (Å²) in [7, 11) is 0. The Labute approximate surface area is 87.7 Å². The predicted molar refractivity (Wildman–Crippen MR) is 43.2 cm³/mol. The van der Waals surface area contributed by atoms with Crippen molar-refractivity contribution in [2.75, 3.05) is 13.2 Å². The summed E-state index contributed by atoms with van der Waals surface area (Å²) in [5.74, 6) is -3.45. The van der Waals surface area contributed by atoms with E-state index in [2.05, 4.69) is 0 Å². The van der Waals surface area contributed by atoms with Crippen molar-refractivity contribution < 1.29 is 38.1 Å². The fourth-order valence-electron chi connectivity index (χ4n) is 0.717. The molecule has 0 aromatic carbocycles. The van der Waals surface area contributed by atoms with Crippen molar-refractivity contribution in [2.24, 2.45) is 0 Å². The van der Waals surface area contributed by atoms with Crippen LogP contribution in [-0.4, -0.2) is 58.5 Å². The third-order valence-electron chi connectivity index (χ3n) is 1.58. The van der Waals surface area contributed by atoms with Crippen LogP contribution in [0.25, 0.3) is 0 Å². The van der Waals surface area contributed by atoms with E-state index in [4.69, 9.17) is 15.3 Å². The van der Waals surface area contributed by atoms with Crippen LogP contribution in [0, 0.1) is 0 Å². The van der Waals surface area contributed by atoms with Gasteiger partial charge in [-0.15, -0.1) is 0 Å². The summed E-state index contributed by atoms with van der Waals surface area (Å²) < 4.78 is 35.0. The van der Waals surface area contributed by atoms with Gasteiger partial charge in [-0.1, -0.05) is 0 Å². The summed E-state index contributed by atoms with van der Waals surface area (Å²) in [4.78, 5) is 20.9. The van der Waals surface area contributed by atoms with Gasteiger partial charge in [0.1, 0.15) is 18.8 Å². The van der Waals surface area contributed by atoms with Gasteiger partial charge in [-0.25, -0.2) is 0 Å². The molecule has 0 aliphatic heterocycles. The second kappa shape index (κ2) is 5.77. The molecular formula is C7H10F3NO5. The van der Waals surface area contributed by atoms with E-state index in [1.54, 1.807) is 0 Å². The number of carbonyl (C=O) groups is 2. The molecule has 4 N–H and O–H groups in total. The second-order valence-corrected chi connectivity index (χ2v) is 2.84. The number of hydrogen-bond acceptors (Lipinski definition) is 5. The molecule has 0 aliphatic carbocycles. The van der Waals surface area contributed by atoms with E-state index in [1.807, 2.05) is 0 Å². The van der Waals surface area contributed by atoms with E-state index < -0.39 is 43.2 Å². The van der Waals surface area contributed by atoms with Gasteiger partial charge in [-0.05, 0) is 0 Å². The van der Waals surface area contributed by atoms with Crippen LogP contribution in [0.1, 0.15) is 0 Å². The smallest absolute Gasteiger partial charge is 0.388 e. The van der Waals surface area contributed by atoms with Crippen LogP contribution in [-0.2, 0) is 9.59 Å². The SMILES string of the molecule is O=C(CO)[C@@H](O)[C@H](O)CNC(=O)C(F)(F)F. The number of amides is 1. The number of ketones is 1. The van der Waals surface area contributed by atoms with E-state index in [0.717, 1.165) is 0 Å².